The molecule has 15 heavy (non-hydrogen) atoms. The zero-order valence-electron chi connectivity index (χ0n) is 10.0. The smallest absolute Gasteiger partial charge is 0.160 e. The number of hydrogen-bond acceptors (Lipinski definition) is 2. The highest BCUT2D eigenvalue weighted by atomic mass is 16.5. The first kappa shape index (κ1) is 11.9. The van der Waals surface area contributed by atoms with E-state index in [0.717, 1.165) is 12.8 Å². The van der Waals surface area contributed by atoms with Crippen LogP contribution >= 0.6 is 0 Å². The van der Waals surface area contributed by atoms with E-state index < -0.39 is 0 Å². The number of aromatic hydroxyl groups is 1. The third-order valence-electron chi connectivity index (χ3n) is 2.88. The average molecular weight is 208 g/mol. The van der Waals surface area contributed by atoms with Crippen LogP contribution in [0.5, 0.6) is 11.5 Å². The van der Waals surface area contributed by atoms with Gasteiger partial charge in [-0.25, -0.2) is 0 Å². The van der Waals surface area contributed by atoms with E-state index in [0.29, 0.717) is 11.2 Å². The Morgan fingerprint density at radius 3 is 2.53 bits per heavy atom. The SMILES string of the molecule is CCC(C)(C)Cc1ccc(O)c(OC)c1. The predicted octanol–water partition coefficient (Wildman–Crippen LogP) is 3.38. The Morgan fingerprint density at radius 1 is 1.33 bits per heavy atom. The summed E-state index contributed by atoms with van der Waals surface area (Å²) in [5.41, 5.74) is 1.50. The van der Waals surface area contributed by atoms with E-state index in [2.05, 4.69) is 20.8 Å². The summed E-state index contributed by atoms with van der Waals surface area (Å²) in [6, 6.07) is 5.56. The van der Waals surface area contributed by atoms with Gasteiger partial charge in [-0.15, -0.1) is 0 Å². The summed E-state index contributed by atoms with van der Waals surface area (Å²) in [5, 5.41) is 9.47. The lowest BCUT2D eigenvalue weighted by molar-refractivity contribution is 0.345. The topological polar surface area (TPSA) is 29.5 Å². The van der Waals surface area contributed by atoms with Gasteiger partial charge in [0.05, 0.1) is 7.11 Å². The molecule has 1 aromatic carbocycles. The average Bonchev–Trinajstić information content (AvgIpc) is 2.20. The molecule has 0 radical (unpaired) electrons. The van der Waals surface area contributed by atoms with Crippen LogP contribution in [0.25, 0.3) is 0 Å². The molecule has 0 aliphatic heterocycles. The zero-order chi connectivity index (χ0) is 11.5. The Kier molecular flexibility index (Phi) is 3.61. The van der Waals surface area contributed by atoms with Gasteiger partial charge in [0.2, 0.25) is 0 Å². The minimum Gasteiger partial charge on any atom is -0.504 e. The zero-order valence-corrected chi connectivity index (χ0v) is 10.0. The molecule has 2 heteroatoms. The van der Waals surface area contributed by atoms with Crippen molar-refractivity contribution in [3.8, 4) is 11.5 Å². The number of methoxy groups -OCH3 is 1. The van der Waals surface area contributed by atoms with Crippen molar-refractivity contribution in [3.63, 3.8) is 0 Å². The molecule has 84 valence electrons. The van der Waals surface area contributed by atoms with Crippen LogP contribution < -0.4 is 4.74 Å². The molecule has 1 N–H and O–H groups in total. The van der Waals surface area contributed by atoms with E-state index in [1.165, 1.54) is 5.56 Å². The van der Waals surface area contributed by atoms with Crippen LogP contribution in [-0.4, -0.2) is 12.2 Å². The van der Waals surface area contributed by atoms with Crippen LogP contribution in [0.2, 0.25) is 0 Å². The molecule has 0 aromatic heterocycles. The van der Waals surface area contributed by atoms with E-state index in [1.54, 1.807) is 13.2 Å². The van der Waals surface area contributed by atoms with Crippen molar-refractivity contribution in [2.24, 2.45) is 5.41 Å². The summed E-state index contributed by atoms with van der Waals surface area (Å²) >= 11 is 0. The van der Waals surface area contributed by atoms with Crippen molar-refractivity contribution in [1.29, 1.82) is 0 Å². The fourth-order valence-corrected chi connectivity index (χ4v) is 1.51. The summed E-state index contributed by atoms with van der Waals surface area (Å²) in [4.78, 5) is 0. The highest BCUT2D eigenvalue weighted by Crippen LogP contribution is 2.31. The second-order valence-corrected chi connectivity index (χ2v) is 4.70. The first-order chi connectivity index (χ1) is 6.98. The first-order valence-electron chi connectivity index (χ1n) is 5.34. The molecular weight excluding hydrogens is 188 g/mol. The Bertz CT molecular complexity index is 329. The van der Waals surface area contributed by atoms with E-state index in [1.807, 2.05) is 12.1 Å². The van der Waals surface area contributed by atoms with Gasteiger partial charge in [-0.1, -0.05) is 33.3 Å². The highest BCUT2D eigenvalue weighted by molar-refractivity contribution is 5.41. The van der Waals surface area contributed by atoms with E-state index >= 15 is 0 Å². The molecule has 0 fully saturated rings. The van der Waals surface area contributed by atoms with Gasteiger partial charge >= 0.3 is 0 Å². The second-order valence-electron chi connectivity index (χ2n) is 4.70. The van der Waals surface area contributed by atoms with Gasteiger partial charge in [-0.3, -0.25) is 0 Å². The number of phenols is 1. The molecule has 0 amide bonds. The lowest BCUT2D eigenvalue weighted by atomic mass is 9.83. The molecule has 0 spiro atoms. The number of phenolic OH excluding ortho intramolecular Hbond substituents is 1. The first-order valence-corrected chi connectivity index (χ1v) is 5.34. The standard InChI is InChI=1S/C13H20O2/c1-5-13(2,3)9-10-6-7-11(14)12(8-10)15-4/h6-8,14H,5,9H2,1-4H3. The van der Waals surface area contributed by atoms with Crippen molar-refractivity contribution < 1.29 is 9.84 Å². The van der Waals surface area contributed by atoms with Crippen LogP contribution in [-0.2, 0) is 6.42 Å². The predicted molar refractivity (Wildman–Crippen MR) is 62.4 cm³/mol. The van der Waals surface area contributed by atoms with Gasteiger partial charge < -0.3 is 9.84 Å². The van der Waals surface area contributed by atoms with Gasteiger partial charge in [0.25, 0.3) is 0 Å². The van der Waals surface area contributed by atoms with Gasteiger partial charge in [0, 0.05) is 0 Å². The lowest BCUT2D eigenvalue weighted by Crippen LogP contribution is -2.13. The molecule has 0 aliphatic rings. The van der Waals surface area contributed by atoms with Crippen LogP contribution in [0.15, 0.2) is 18.2 Å². The largest absolute Gasteiger partial charge is 0.504 e. The normalized spacial score (nSPS) is 11.5. The summed E-state index contributed by atoms with van der Waals surface area (Å²) < 4.78 is 5.08. The van der Waals surface area contributed by atoms with Gasteiger partial charge in [0.1, 0.15) is 0 Å². The third kappa shape index (κ3) is 3.15. The highest BCUT2D eigenvalue weighted by Gasteiger charge is 2.16. The maximum Gasteiger partial charge on any atom is 0.160 e. The Labute approximate surface area is 91.9 Å². The van der Waals surface area contributed by atoms with Crippen LogP contribution in [0.3, 0.4) is 0 Å². The van der Waals surface area contributed by atoms with E-state index in [-0.39, 0.29) is 5.75 Å². The summed E-state index contributed by atoms with van der Waals surface area (Å²) in [6.07, 6.45) is 2.14. The van der Waals surface area contributed by atoms with Crippen molar-refractivity contribution in [2.45, 2.75) is 33.6 Å². The molecule has 0 saturated carbocycles. The maximum absolute atomic E-state index is 9.47. The molecule has 2 nitrogen and oxygen atoms in total. The molecular formula is C13H20O2. The quantitative estimate of drug-likeness (QED) is 0.822. The van der Waals surface area contributed by atoms with Gasteiger partial charge in [0.15, 0.2) is 11.5 Å². The molecule has 0 saturated heterocycles. The Hall–Kier alpha value is -1.18. The summed E-state index contributed by atoms with van der Waals surface area (Å²) in [5.74, 6) is 0.759. The molecule has 0 unspecified atom stereocenters. The monoisotopic (exact) mass is 208 g/mol. The number of ether oxygens (including phenoxy) is 1. The summed E-state index contributed by atoms with van der Waals surface area (Å²) in [7, 11) is 1.57. The fraction of sp³-hybridized carbons (Fsp3) is 0.538. The van der Waals surface area contributed by atoms with Gasteiger partial charge in [-0.2, -0.15) is 0 Å². The van der Waals surface area contributed by atoms with Crippen LogP contribution in [0, 0.1) is 5.41 Å². The molecule has 1 rings (SSSR count). The molecule has 0 bridgehead atoms. The second kappa shape index (κ2) is 4.56. The fourth-order valence-electron chi connectivity index (χ4n) is 1.51. The van der Waals surface area contributed by atoms with Crippen molar-refractivity contribution in [2.75, 3.05) is 7.11 Å². The van der Waals surface area contributed by atoms with Crippen LogP contribution in [0.1, 0.15) is 32.8 Å². The van der Waals surface area contributed by atoms with E-state index in [9.17, 15) is 5.11 Å². The molecule has 0 atom stereocenters. The number of benzene rings is 1. The van der Waals surface area contributed by atoms with Crippen molar-refractivity contribution in [1.82, 2.24) is 0 Å². The third-order valence-corrected chi connectivity index (χ3v) is 2.88. The van der Waals surface area contributed by atoms with Crippen molar-refractivity contribution in [3.05, 3.63) is 23.8 Å². The van der Waals surface area contributed by atoms with Crippen molar-refractivity contribution >= 4 is 0 Å². The number of rotatable bonds is 4. The van der Waals surface area contributed by atoms with E-state index in [4.69, 9.17) is 4.74 Å². The molecule has 0 heterocycles. The maximum atomic E-state index is 9.47. The summed E-state index contributed by atoms with van der Waals surface area (Å²) in [6.45, 7) is 6.68. The molecule has 0 aliphatic carbocycles. The Morgan fingerprint density at radius 2 is 2.00 bits per heavy atom. The van der Waals surface area contributed by atoms with Crippen LogP contribution in [0.4, 0.5) is 0 Å². The minimum absolute atomic E-state index is 0.204. The minimum atomic E-state index is 0.204. The Balaban J connectivity index is 2.87. The molecule has 1 aromatic rings. The van der Waals surface area contributed by atoms with Gasteiger partial charge in [-0.05, 0) is 29.5 Å². The lowest BCUT2D eigenvalue weighted by Gasteiger charge is -2.22. The number of hydrogen-bond donors (Lipinski definition) is 1.